The minimum Gasteiger partial charge on any atom is -0.726 e. The molecule has 0 aromatic carbocycles. The topological polar surface area (TPSA) is 124 Å². The quantitative estimate of drug-likeness (QED) is 0.208. The Morgan fingerprint density at radius 2 is 1.71 bits per heavy atom. The summed E-state index contributed by atoms with van der Waals surface area (Å²) in [6.07, 6.45) is 6.40. The fraction of sp³-hybridized carbons (Fsp3) is 0.917. The van der Waals surface area contributed by atoms with E-state index in [2.05, 4.69) is 20.8 Å². The van der Waals surface area contributed by atoms with Gasteiger partial charge in [-0.15, -0.1) is 0 Å². The third-order valence-electron chi connectivity index (χ3n) is 10.2. The molecule has 0 heterocycles. The minimum absolute atomic E-state index is 0. The van der Waals surface area contributed by atoms with Crippen LogP contribution in [0.1, 0.15) is 85.0 Å². The molecule has 0 saturated heterocycles. The molecule has 4 aliphatic rings. The maximum atomic E-state index is 13.5. The first-order valence-electron chi connectivity index (χ1n) is 12.2. The second-order valence-corrected chi connectivity index (χ2v) is 12.6. The van der Waals surface area contributed by atoms with Gasteiger partial charge in [0.1, 0.15) is 5.78 Å². The molecule has 4 rings (SSSR count). The number of carboxylic acid groups (broad SMARTS) is 1. The molecule has 9 atom stereocenters. The summed E-state index contributed by atoms with van der Waals surface area (Å²) in [6.45, 7) is 6.74. The molecule has 4 saturated carbocycles. The van der Waals surface area contributed by atoms with E-state index in [0.29, 0.717) is 49.2 Å². The van der Waals surface area contributed by atoms with E-state index in [-0.39, 0.29) is 94.1 Å². The summed E-state index contributed by atoms with van der Waals surface area (Å²) in [5, 5.41) is 11.0. The van der Waals surface area contributed by atoms with E-state index in [1.165, 1.54) is 0 Å². The predicted molar refractivity (Wildman–Crippen MR) is 114 cm³/mol. The Morgan fingerprint density at radius 1 is 1.09 bits per heavy atom. The molecule has 0 radical (unpaired) electrons. The summed E-state index contributed by atoms with van der Waals surface area (Å²) in [5.41, 5.74) is 0.0212. The monoisotopic (exact) mass is 514 g/mol. The average molecular weight is 515 g/mol. The van der Waals surface area contributed by atoms with E-state index in [0.717, 1.165) is 32.1 Å². The van der Waals surface area contributed by atoms with Gasteiger partial charge in [-0.25, -0.2) is 8.42 Å². The normalized spacial score (nSPS) is 42.3. The minimum atomic E-state index is -4.74. The third kappa shape index (κ3) is 5.85. The molecule has 4 aliphatic carbocycles. The predicted octanol–water partition coefficient (Wildman–Crippen LogP) is -3.16. The van der Waals surface area contributed by atoms with E-state index < -0.39 is 22.5 Å². The third-order valence-corrected chi connectivity index (χ3v) is 10.7. The van der Waals surface area contributed by atoms with Crippen molar-refractivity contribution >= 4 is 22.2 Å². The first-order valence-corrected chi connectivity index (χ1v) is 13.5. The molecular weight excluding hydrogens is 478 g/mol. The van der Waals surface area contributed by atoms with E-state index in [4.69, 9.17) is 4.18 Å². The Kier molecular flexibility index (Phi) is 10.5. The molecule has 0 aliphatic heterocycles. The summed E-state index contributed by atoms with van der Waals surface area (Å²) < 4.78 is 38.0. The maximum absolute atomic E-state index is 13.5. The first kappa shape index (κ1) is 31.2. The van der Waals surface area contributed by atoms with Gasteiger partial charge in [0.2, 0.25) is 10.4 Å². The van der Waals surface area contributed by atoms with E-state index in [1.54, 1.807) is 0 Å². The number of Topliss-reactive ketones (excluding diaryl/α,β-unsaturated/α-hetero) is 1. The number of carboxylic acids is 1. The number of rotatable bonds is 6. The van der Waals surface area contributed by atoms with Crippen LogP contribution in [0.3, 0.4) is 0 Å². The van der Waals surface area contributed by atoms with Crippen LogP contribution in [0.2, 0.25) is 0 Å². The van der Waals surface area contributed by atoms with Gasteiger partial charge in [-0.3, -0.25) is 8.98 Å². The van der Waals surface area contributed by atoms with Gasteiger partial charge >= 0.3 is 59.1 Å². The number of aliphatic carboxylic acids is 1. The van der Waals surface area contributed by atoms with Gasteiger partial charge in [0.05, 0.1) is 6.10 Å². The second kappa shape index (κ2) is 11.4. The van der Waals surface area contributed by atoms with Crippen LogP contribution in [-0.2, 0) is 24.2 Å². The summed E-state index contributed by atoms with van der Waals surface area (Å²) in [4.78, 5) is 24.5. The molecule has 7 nitrogen and oxygen atoms in total. The molecule has 182 valence electrons. The molecule has 0 aromatic heterocycles. The van der Waals surface area contributed by atoms with Crippen LogP contribution in [0, 0.1) is 46.3 Å². The number of fused-ring (bicyclic) bond motifs is 5. The van der Waals surface area contributed by atoms with Crippen molar-refractivity contribution in [3.63, 3.8) is 0 Å². The molecule has 0 bridgehead atoms. The van der Waals surface area contributed by atoms with Crippen LogP contribution < -0.4 is 64.2 Å². The summed E-state index contributed by atoms with van der Waals surface area (Å²) in [5.74, 6) is 0.731. The number of ketones is 1. The van der Waals surface area contributed by atoms with Gasteiger partial charge in [0.15, 0.2) is 0 Å². The van der Waals surface area contributed by atoms with Gasteiger partial charge in [0, 0.05) is 18.3 Å². The van der Waals surface area contributed by atoms with Crippen molar-refractivity contribution in [2.45, 2.75) is 91.1 Å². The van der Waals surface area contributed by atoms with Crippen LogP contribution >= 0.6 is 0 Å². The van der Waals surface area contributed by atoms with Gasteiger partial charge in [0.25, 0.3) is 0 Å². The van der Waals surface area contributed by atoms with Crippen molar-refractivity contribution in [3.05, 3.63) is 0 Å². The Bertz CT molecular complexity index is 881. The van der Waals surface area contributed by atoms with Crippen LogP contribution in [0.15, 0.2) is 0 Å². The molecule has 0 amide bonds. The molecule has 0 unspecified atom stereocenters. The average Bonchev–Trinajstić information content (AvgIpc) is 3.03. The van der Waals surface area contributed by atoms with Crippen LogP contribution in [0.5, 0.6) is 0 Å². The standard InChI is InChI=1S/C24H38O7S.2Na/c1-14(4-7-21(26)27)17-5-6-18-22-19(9-11-24(17,18)3)23(2)10-8-16(31-32(28,29)30)12-15(23)13-20(22)25;;/h14-19,22H,4-13H2,1-3H3,(H,26,27)(H,28,29,30);;/q;2*+1/p-2/t14-,15+,16-,17-,18+,19+,22+,23+,24-;;/m1../s1. The Hall–Kier alpha value is 1.01. The van der Waals surface area contributed by atoms with Crippen LogP contribution in [0.4, 0.5) is 0 Å². The van der Waals surface area contributed by atoms with Gasteiger partial charge in [-0.2, -0.15) is 0 Å². The fourth-order valence-electron chi connectivity index (χ4n) is 8.67. The van der Waals surface area contributed by atoms with Gasteiger partial charge in [-0.1, -0.05) is 20.8 Å². The molecule has 0 spiro atoms. The summed E-state index contributed by atoms with van der Waals surface area (Å²) in [6, 6.07) is 0. The molecule has 34 heavy (non-hydrogen) atoms. The molecule has 10 heteroatoms. The molecule has 4 fully saturated rings. The van der Waals surface area contributed by atoms with E-state index >= 15 is 0 Å². The van der Waals surface area contributed by atoms with Crippen LogP contribution in [0.25, 0.3) is 0 Å². The zero-order chi connectivity index (χ0) is 23.5. The molecule has 0 N–H and O–H groups in total. The zero-order valence-corrected chi connectivity index (χ0v) is 26.2. The number of carbonyl (C=O) groups is 2. The number of hydrogen-bond acceptors (Lipinski definition) is 7. The summed E-state index contributed by atoms with van der Waals surface area (Å²) in [7, 11) is -4.74. The van der Waals surface area contributed by atoms with Crippen molar-refractivity contribution in [3.8, 4) is 0 Å². The first-order chi connectivity index (χ1) is 14.8. The zero-order valence-electron chi connectivity index (χ0n) is 21.4. The van der Waals surface area contributed by atoms with Gasteiger partial charge < -0.3 is 14.5 Å². The Labute approximate surface area is 248 Å². The number of hydrogen-bond donors (Lipinski definition) is 0. The largest absolute Gasteiger partial charge is 1.00 e. The SMILES string of the molecule is C[C@H](CCC(=O)[O-])[C@H]1CC[C@H]2[C@@H]3C(=O)C[C@@H]4C[C@H](OS(=O)(=O)[O-])CC[C@]4(C)[C@H]3CC[C@]12C.[Na+].[Na+]. The molecular formula is C24H36Na2O7S. The smallest absolute Gasteiger partial charge is 0.726 e. The van der Waals surface area contributed by atoms with Crippen molar-refractivity contribution in [1.29, 1.82) is 0 Å². The van der Waals surface area contributed by atoms with Crippen molar-refractivity contribution in [2.24, 2.45) is 46.3 Å². The maximum Gasteiger partial charge on any atom is 1.00 e. The Balaban J connectivity index is 0.00000204. The van der Waals surface area contributed by atoms with Crippen LogP contribution in [-0.4, -0.2) is 30.8 Å². The fourth-order valence-corrected chi connectivity index (χ4v) is 9.18. The van der Waals surface area contributed by atoms with E-state index in [1.807, 2.05) is 0 Å². The van der Waals surface area contributed by atoms with Crippen molar-refractivity contribution in [1.82, 2.24) is 0 Å². The summed E-state index contributed by atoms with van der Waals surface area (Å²) >= 11 is 0. The van der Waals surface area contributed by atoms with Crippen molar-refractivity contribution < 1.29 is 91.0 Å². The molecule has 0 aromatic rings. The Morgan fingerprint density at radius 3 is 2.32 bits per heavy atom. The van der Waals surface area contributed by atoms with Gasteiger partial charge in [-0.05, 0) is 98.2 Å². The second-order valence-electron chi connectivity index (χ2n) is 11.6. The van der Waals surface area contributed by atoms with Crippen molar-refractivity contribution in [2.75, 3.05) is 0 Å². The number of carbonyl (C=O) groups excluding carboxylic acids is 2. The van der Waals surface area contributed by atoms with E-state index in [9.17, 15) is 27.7 Å².